The van der Waals surface area contributed by atoms with Crippen molar-refractivity contribution in [1.82, 2.24) is 4.90 Å². The summed E-state index contributed by atoms with van der Waals surface area (Å²) in [6.07, 6.45) is 2.65. The summed E-state index contributed by atoms with van der Waals surface area (Å²) in [5, 5.41) is 0.819. The fourth-order valence-corrected chi connectivity index (χ4v) is 3.12. The maximum Gasteiger partial charge on any atom is 0.0702 e. The Bertz CT molecular complexity index is 436. The number of benzene rings is 1. The van der Waals surface area contributed by atoms with Gasteiger partial charge in [0, 0.05) is 30.8 Å². The monoisotopic (exact) mass is 296 g/mol. The van der Waals surface area contributed by atoms with E-state index in [2.05, 4.69) is 30.0 Å². The Kier molecular flexibility index (Phi) is 5.85. The summed E-state index contributed by atoms with van der Waals surface area (Å²) >= 11 is 6.25. The number of piperidine rings is 1. The normalized spacial score (nSPS) is 21.9. The summed E-state index contributed by atoms with van der Waals surface area (Å²) in [5.41, 5.74) is 8.33. The highest BCUT2D eigenvalue weighted by Gasteiger charge is 2.26. The number of likely N-dealkylation sites (tertiary alicyclic amines) is 1. The first-order valence-electron chi connectivity index (χ1n) is 7.47. The molecule has 3 nitrogen and oxygen atoms in total. The lowest BCUT2D eigenvalue weighted by atomic mass is 9.99. The zero-order valence-electron chi connectivity index (χ0n) is 12.4. The van der Waals surface area contributed by atoms with Crippen LogP contribution >= 0.6 is 11.6 Å². The molecule has 1 aromatic carbocycles. The fourth-order valence-electron chi connectivity index (χ4n) is 2.93. The molecular formula is C16H25ClN2O. The third-order valence-corrected chi connectivity index (χ3v) is 4.46. The van der Waals surface area contributed by atoms with Crippen LogP contribution in [0.5, 0.6) is 0 Å². The summed E-state index contributed by atoms with van der Waals surface area (Å²) in [5.74, 6) is 0. The molecule has 1 aliphatic rings. The number of aryl methyl sites for hydroxylation is 1. The van der Waals surface area contributed by atoms with Crippen LogP contribution in [-0.2, 0) is 4.74 Å². The van der Waals surface area contributed by atoms with E-state index in [1.54, 1.807) is 0 Å². The van der Waals surface area contributed by atoms with Gasteiger partial charge in [-0.3, -0.25) is 4.90 Å². The topological polar surface area (TPSA) is 38.5 Å². The quantitative estimate of drug-likeness (QED) is 0.907. The molecule has 2 N–H and O–H groups in total. The van der Waals surface area contributed by atoms with E-state index in [1.165, 1.54) is 12.0 Å². The Morgan fingerprint density at radius 1 is 1.50 bits per heavy atom. The van der Waals surface area contributed by atoms with E-state index in [-0.39, 0.29) is 6.04 Å². The van der Waals surface area contributed by atoms with Gasteiger partial charge >= 0.3 is 0 Å². The van der Waals surface area contributed by atoms with E-state index >= 15 is 0 Å². The summed E-state index contributed by atoms with van der Waals surface area (Å²) in [6, 6.07) is 6.50. The molecule has 1 aromatic rings. The summed E-state index contributed by atoms with van der Waals surface area (Å²) in [4.78, 5) is 2.44. The molecular weight excluding hydrogens is 272 g/mol. The number of ether oxygens (including phenoxy) is 1. The van der Waals surface area contributed by atoms with Crippen LogP contribution in [0.2, 0.25) is 5.02 Å². The van der Waals surface area contributed by atoms with Gasteiger partial charge in [-0.15, -0.1) is 0 Å². The van der Waals surface area contributed by atoms with Gasteiger partial charge in [0.15, 0.2) is 0 Å². The summed E-state index contributed by atoms with van der Waals surface area (Å²) in [7, 11) is 0. The van der Waals surface area contributed by atoms with E-state index < -0.39 is 0 Å². The number of rotatable bonds is 5. The van der Waals surface area contributed by atoms with Crippen LogP contribution < -0.4 is 5.73 Å². The van der Waals surface area contributed by atoms with E-state index in [0.717, 1.165) is 36.7 Å². The molecule has 1 heterocycles. The lowest BCUT2D eigenvalue weighted by Gasteiger charge is -2.38. The molecule has 2 atom stereocenters. The SMILES string of the molecule is CCOC1CCCN(C(CN)c2ccc(C)c(Cl)c2)C1. The first-order chi connectivity index (χ1) is 9.65. The summed E-state index contributed by atoms with van der Waals surface area (Å²) < 4.78 is 5.78. The van der Waals surface area contributed by atoms with Crippen molar-refractivity contribution < 1.29 is 4.74 Å². The molecule has 0 bridgehead atoms. The molecule has 1 aliphatic heterocycles. The van der Waals surface area contributed by atoms with Crippen molar-refractivity contribution in [2.24, 2.45) is 5.73 Å². The third-order valence-electron chi connectivity index (χ3n) is 4.06. The van der Waals surface area contributed by atoms with Gasteiger partial charge in [-0.25, -0.2) is 0 Å². The van der Waals surface area contributed by atoms with Crippen LogP contribution in [-0.4, -0.2) is 37.2 Å². The highest BCUT2D eigenvalue weighted by Crippen LogP contribution is 2.28. The van der Waals surface area contributed by atoms with E-state index in [0.29, 0.717) is 12.6 Å². The Hall–Kier alpha value is -0.610. The maximum atomic E-state index is 6.25. The van der Waals surface area contributed by atoms with Crippen LogP contribution in [0.1, 0.15) is 36.9 Å². The average Bonchev–Trinajstić information content (AvgIpc) is 2.44. The first-order valence-corrected chi connectivity index (χ1v) is 7.85. The van der Waals surface area contributed by atoms with E-state index in [9.17, 15) is 0 Å². The largest absolute Gasteiger partial charge is 0.377 e. The van der Waals surface area contributed by atoms with Gasteiger partial charge in [-0.1, -0.05) is 23.7 Å². The van der Waals surface area contributed by atoms with Gasteiger partial charge in [0.05, 0.1) is 6.10 Å². The third kappa shape index (κ3) is 3.73. The van der Waals surface area contributed by atoms with Crippen molar-refractivity contribution >= 4 is 11.6 Å². The van der Waals surface area contributed by atoms with Crippen LogP contribution in [0.4, 0.5) is 0 Å². The molecule has 20 heavy (non-hydrogen) atoms. The van der Waals surface area contributed by atoms with Crippen molar-refractivity contribution in [1.29, 1.82) is 0 Å². The van der Waals surface area contributed by atoms with E-state index in [4.69, 9.17) is 22.1 Å². The second-order valence-corrected chi connectivity index (χ2v) is 5.88. The van der Waals surface area contributed by atoms with Crippen molar-refractivity contribution in [2.75, 3.05) is 26.2 Å². The predicted molar refractivity (Wildman–Crippen MR) is 84.2 cm³/mol. The molecule has 0 aromatic heterocycles. The minimum atomic E-state index is 0.233. The molecule has 1 fully saturated rings. The van der Waals surface area contributed by atoms with Gasteiger partial charge < -0.3 is 10.5 Å². The highest BCUT2D eigenvalue weighted by atomic mass is 35.5. The molecule has 0 aliphatic carbocycles. The van der Waals surface area contributed by atoms with E-state index in [1.807, 2.05) is 6.92 Å². The van der Waals surface area contributed by atoms with Gasteiger partial charge in [0.2, 0.25) is 0 Å². The molecule has 1 saturated heterocycles. The smallest absolute Gasteiger partial charge is 0.0702 e. The van der Waals surface area contributed by atoms with Crippen molar-refractivity contribution in [3.05, 3.63) is 34.3 Å². The highest BCUT2D eigenvalue weighted by molar-refractivity contribution is 6.31. The Balaban J connectivity index is 2.12. The standard InChI is InChI=1S/C16H25ClN2O/c1-3-20-14-5-4-8-19(11-14)16(10-18)13-7-6-12(2)15(17)9-13/h6-7,9,14,16H,3-5,8,10-11,18H2,1-2H3. The molecule has 0 amide bonds. The Labute approximate surface area is 127 Å². The minimum absolute atomic E-state index is 0.233. The zero-order chi connectivity index (χ0) is 14.5. The van der Waals surface area contributed by atoms with Gasteiger partial charge in [-0.2, -0.15) is 0 Å². The van der Waals surface area contributed by atoms with Crippen LogP contribution in [0, 0.1) is 6.92 Å². The second kappa shape index (κ2) is 7.41. The molecule has 4 heteroatoms. The van der Waals surface area contributed by atoms with Gasteiger partial charge in [0.1, 0.15) is 0 Å². The lowest BCUT2D eigenvalue weighted by Crippen LogP contribution is -2.44. The average molecular weight is 297 g/mol. The number of nitrogens with two attached hydrogens (primary N) is 1. The first kappa shape index (κ1) is 15.8. The number of nitrogens with zero attached hydrogens (tertiary/aromatic N) is 1. The molecule has 112 valence electrons. The minimum Gasteiger partial charge on any atom is -0.377 e. The van der Waals surface area contributed by atoms with Gasteiger partial charge in [0.25, 0.3) is 0 Å². The fraction of sp³-hybridized carbons (Fsp3) is 0.625. The van der Waals surface area contributed by atoms with Crippen molar-refractivity contribution in [3.63, 3.8) is 0 Å². The van der Waals surface area contributed by atoms with Gasteiger partial charge in [-0.05, 0) is 50.4 Å². The number of hydrogen-bond acceptors (Lipinski definition) is 3. The molecule has 0 radical (unpaired) electrons. The molecule has 0 spiro atoms. The Morgan fingerprint density at radius 2 is 2.30 bits per heavy atom. The molecule has 2 rings (SSSR count). The zero-order valence-corrected chi connectivity index (χ0v) is 13.2. The van der Waals surface area contributed by atoms with Crippen molar-refractivity contribution in [2.45, 2.75) is 38.8 Å². The Morgan fingerprint density at radius 3 is 2.95 bits per heavy atom. The molecule has 0 saturated carbocycles. The number of halogens is 1. The second-order valence-electron chi connectivity index (χ2n) is 5.47. The van der Waals surface area contributed by atoms with Crippen LogP contribution in [0.15, 0.2) is 18.2 Å². The predicted octanol–water partition coefficient (Wildman–Crippen LogP) is 3.15. The number of hydrogen-bond donors (Lipinski definition) is 1. The lowest BCUT2D eigenvalue weighted by molar-refractivity contribution is -0.00659. The van der Waals surface area contributed by atoms with Crippen LogP contribution in [0.25, 0.3) is 0 Å². The maximum absolute atomic E-state index is 6.25. The molecule has 2 unspecified atom stereocenters. The van der Waals surface area contributed by atoms with Crippen LogP contribution in [0.3, 0.4) is 0 Å². The summed E-state index contributed by atoms with van der Waals surface area (Å²) in [6.45, 7) is 7.51. The van der Waals surface area contributed by atoms with Crippen molar-refractivity contribution in [3.8, 4) is 0 Å².